The molecule has 1 aromatic heterocycles. The van der Waals surface area contributed by atoms with Gasteiger partial charge in [-0.3, -0.25) is 4.79 Å². The van der Waals surface area contributed by atoms with Crippen LogP contribution in [-0.2, 0) is 17.6 Å². The Morgan fingerprint density at radius 3 is 2.37 bits per heavy atom. The number of amides is 1. The first kappa shape index (κ1) is 26.5. The number of carbonyl (C=O) groups excluding carboxylic acids is 1. The number of aryl methyl sites for hydroxylation is 1. The highest BCUT2D eigenvalue weighted by Gasteiger charge is 2.20. The number of ether oxygens (including phenoxy) is 2. The maximum atomic E-state index is 13.4. The summed E-state index contributed by atoms with van der Waals surface area (Å²) in [5.74, 6) is 2.48. The van der Waals surface area contributed by atoms with Crippen LogP contribution in [-0.4, -0.2) is 42.7 Å². The van der Waals surface area contributed by atoms with E-state index in [1.54, 1.807) is 14.2 Å². The van der Waals surface area contributed by atoms with Crippen molar-refractivity contribution in [3.05, 3.63) is 102 Å². The third-order valence-electron chi connectivity index (χ3n) is 6.00. The fourth-order valence-electron chi connectivity index (χ4n) is 4.08. The Balaban J connectivity index is 1.47. The Morgan fingerprint density at radius 1 is 0.895 bits per heavy atom. The summed E-state index contributed by atoms with van der Waals surface area (Å²) in [4.78, 5) is 22.5. The van der Waals surface area contributed by atoms with Crippen LogP contribution < -0.4 is 25.4 Å². The third kappa shape index (κ3) is 7.46. The van der Waals surface area contributed by atoms with E-state index < -0.39 is 6.04 Å². The molecular formula is C30H33N5O3. The molecule has 8 nitrogen and oxygen atoms in total. The van der Waals surface area contributed by atoms with Crippen LogP contribution in [0.25, 0.3) is 0 Å². The van der Waals surface area contributed by atoms with Gasteiger partial charge in [-0.1, -0.05) is 48.5 Å². The number of methoxy groups -OCH3 is 2. The van der Waals surface area contributed by atoms with E-state index in [1.165, 1.54) is 0 Å². The van der Waals surface area contributed by atoms with Gasteiger partial charge in [-0.05, 0) is 54.8 Å². The molecule has 8 heteroatoms. The number of hydrogen-bond acceptors (Lipinski definition) is 7. The van der Waals surface area contributed by atoms with Crippen molar-refractivity contribution < 1.29 is 14.3 Å². The molecule has 0 radical (unpaired) electrons. The monoisotopic (exact) mass is 511 g/mol. The molecule has 196 valence electrons. The molecule has 38 heavy (non-hydrogen) atoms. The number of rotatable bonds is 12. The second-order valence-electron chi connectivity index (χ2n) is 8.81. The van der Waals surface area contributed by atoms with E-state index in [2.05, 4.69) is 25.9 Å². The van der Waals surface area contributed by atoms with E-state index >= 15 is 0 Å². The first-order chi connectivity index (χ1) is 18.5. The Kier molecular flexibility index (Phi) is 9.12. The van der Waals surface area contributed by atoms with Gasteiger partial charge in [0, 0.05) is 30.4 Å². The Bertz CT molecular complexity index is 1330. The first-order valence-corrected chi connectivity index (χ1v) is 12.5. The molecule has 0 fully saturated rings. The van der Waals surface area contributed by atoms with Gasteiger partial charge in [-0.2, -0.15) is 4.98 Å². The van der Waals surface area contributed by atoms with Crippen LogP contribution >= 0.6 is 0 Å². The molecule has 3 aromatic carbocycles. The van der Waals surface area contributed by atoms with Gasteiger partial charge in [0.05, 0.1) is 14.2 Å². The van der Waals surface area contributed by atoms with Crippen molar-refractivity contribution in [2.75, 3.05) is 36.7 Å². The van der Waals surface area contributed by atoms with Gasteiger partial charge in [0.1, 0.15) is 23.4 Å². The molecule has 0 aliphatic carbocycles. The van der Waals surface area contributed by atoms with Crippen LogP contribution in [0, 0.1) is 6.92 Å². The van der Waals surface area contributed by atoms with Gasteiger partial charge < -0.3 is 25.4 Å². The Morgan fingerprint density at radius 2 is 1.63 bits per heavy atom. The summed E-state index contributed by atoms with van der Waals surface area (Å²) in [5.41, 5.74) is 3.62. The number of hydrogen-bond donors (Lipinski definition) is 3. The molecular weight excluding hydrogens is 478 g/mol. The summed E-state index contributed by atoms with van der Waals surface area (Å²) in [7, 11) is 3.28. The van der Waals surface area contributed by atoms with Gasteiger partial charge in [-0.15, -0.1) is 0 Å². The number of anilines is 3. The number of nitrogens with one attached hydrogen (secondary N) is 3. The Hall–Kier alpha value is -4.59. The smallest absolute Gasteiger partial charge is 0.247 e. The molecule has 0 aliphatic rings. The average molecular weight is 512 g/mol. The second kappa shape index (κ2) is 13.1. The normalized spacial score (nSPS) is 11.3. The molecule has 0 saturated heterocycles. The average Bonchev–Trinajstić information content (AvgIpc) is 2.93. The zero-order chi connectivity index (χ0) is 26.7. The van der Waals surface area contributed by atoms with Crippen LogP contribution in [0.3, 0.4) is 0 Å². The van der Waals surface area contributed by atoms with Gasteiger partial charge in [0.15, 0.2) is 0 Å². The summed E-state index contributed by atoms with van der Waals surface area (Å²) in [6.45, 7) is 2.54. The van der Waals surface area contributed by atoms with Crippen molar-refractivity contribution in [2.24, 2.45) is 0 Å². The molecule has 3 N–H and O–H groups in total. The molecule has 0 saturated carbocycles. The number of benzene rings is 3. The number of para-hydroxylation sites is 1. The lowest BCUT2D eigenvalue weighted by Crippen LogP contribution is -2.37. The van der Waals surface area contributed by atoms with Crippen LogP contribution in [0.4, 0.5) is 17.5 Å². The van der Waals surface area contributed by atoms with Crippen LogP contribution in [0.2, 0.25) is 0 Å². The maximum Gasteiger partial charge on any atom is 0.247 e. The third-order valence-corrected chi connectivity index (χ3v) is 6.00. The van der Waals surface area contributed by atoms with Gasteiger partial charge in [0.25, 0.3) is 0 Å². The number of carbonyl (C=O) groups is 1. The number of nitrogens with zero attached hydrogens (tertiary/aromatic N) is 2. The van der Waals surface area contributed by atoms with Crippen molar-refractivity contribution in [1.29, 1.82) is 0 Å². The van der Waals surface area contributed by atoms with E-state index in [-0.39, 0.29) is 5.91 Å². The fourth-order valence-corrected chi connectivity index (χ4v) is 4.08. The first-order valence-electron chi connectivity index (χ1n) is 12.5. The predicted octanol–water partition coefficient (Wildman–Crippen LogP) is 5.12. The zero-order valence-electron chi connectivity index (χ0n) is 21.9. The van der Waals surface area contributed by atoms with Gasteiger partial charge in [-0.25, -0.2) is 4.98 Å². The van der Waals surface area contributed by atoms with Crippen molar-refractivity contribution in [3.8, 4) is 11.5 Å². The summed E-state index contributed by atoms with van der Waals surface area (Å²) in [6.07, 6.45) is 1.24. The second-order valence-corrected chi connectivity index (χ2v) is 8.81. The lowest BCUT2D eigenvalue weighted by atomic mass is 10.0. The highest BCUT2D eigenvalue weighted by Crippen LogP contribution is 2.19. The van der Waals surface area contributed by atoms with Gasteiger partial charge >= 0.3 is 0 Å². The molecule has 1 atom stereocenters. The van der Waals surface area contributed by atoms with Crippen LogP contribution in [0.5, 0.6) is 11.5 Å². The van der Waals surface area contributed by atoms with Crippen molar-refractivity contribution >= 4 is 23.4 Å². The maximum absolute atomic E-state index is 13.4. The van der Waals surface area contributed by atoms with E-state index in [4.69, 9.17) is 9.47 Å². The molecule has 4 aromatic rings. The van der Waals surface area contributed by atoms with Crippen LogP contribution in [0.15, 0.2) is 84.9 Å². The van der Waals surface area contributed by atoms with Gasteiger partial charge in [0.2, 0.25) is 11.9 Å². The fraction of sp³-hybridized carbons (Fsp3) is 0.233. The van der Waals surface area contributed by atoms with E-state index in [1.807, 2.05) is 91.9 Å². The molecule has 0 bridgehead atoms. The summed E-state index contributed by atoms with van der Waals surface area (Å²) in [5, 5.41) is 9.63. The summed E-state index contributed by atoms with van der Waals surface area (Å²) in [6, 6.07) is 26.4. The van der Waals surface area contributed by atoms with Crippen molar-refractivity contribution in [1.82, 2.24) is 9.97 Å². The van der Waals surface area contributed by atoms with E-state index in [0.717, 1.165) is 34.7 Å². The molecule has 1 amide bonds. The highest BCUT2D eigenvalue weighted by atomic mass is 16.5. The van der Waals surface area contributed by atoms with E-state index in [0.29, 0.717) is 30.4 Å². The number of aromatic nitrogens is 2. The van der Waals surface area contributed by atoms with Crippen molar-refractivity contribution in [3.63, 3.8) is 0 Å². The Labute approximate surface area is 223 Å². The predicted molar refractivity (Wildman–Crippen MR) is 151 cm³/mol. The molecule has 1 heterocycles. The minimum atomic E-state index is -0.560. The molecule has 0 spiro atoms. The van der Waals surface area contributed by atoms with Crippen LogP contribution in [0.1, 0.15) is 16.8 Å². The summed E-state index contributed by atoms with van der Waals surface area (Å²) >= 11 is 0. The SMILES string of the molecule is COc1ccc(NC(=O)[C@H](Cc2ccccc2)Nc2cc(C)nc(NCCc3ccccc3OC)n2)cc1. The minimum Gasteiger partial charge on any atom is -0.497 e. The summed E-state index contributed by atoms with van der Waals surface area (Å²) < 4.78 is 10.7. The largest absolute Gasteiger partial charge is 0.497 e. The zero-order valence-corrected chi connectivity index (χ0v) is 21.9. The lowest BCUT2D eigenvalue weighted by Gasteiger charge is -2.20. The molecule has 4 rings (SSSR count). The standard InChI is InChI=1S/C30H33N5O3/c1-21-19-28(35-30(32-21)31-18-17-23-11-7-8-12-27(23)38-3)34-26(20-22-9-5-4-6-10-22)29(36)33-24-13-15-25(37-2)16-14-24/h4-16,19,26H,17-18,20H2,1-3H3,(H,33,36)(H2,31,32,34,35)/t26-/m0/s1. The van der Waals surface area contributed by atoms with E-state index in [9.17, 15) is 4.79 Å². The molecule has 0 aliphatic heterocycles. The molecule has 0 unspecified atom stereocenters. The van der Waals surface area contributed by atoms with Crippen molar-refractivity contribution in [2.45, 2.75) is 25.8 Å². The topological polar surface area (TPSA) is 97.4 Å². The minimum absolute atomic E-state index is 0.166. The lowest BCUT2D eigenvalue weighted by molar-refractivity contribution is -0.116. The quantitative estimate of drug-likeness (QED) is 0.243. The highest BCUT2D eigenvalue weighted by molar-refractivity contribution is 5.96.